The van der Waals surface area contributed by atoms with Crippen molar-refractivity contribution in [2.75, 3.05) is 12.3 Å². The molecule has 9 heteroatoms. The normalized spacial score (nSPS) is 29.2. The monoisotopic (exact) mass is 359 g/mol. The van der Waals surface area contributed by atoms with Crippen molar-refractivity contribution in [3.8, 4) is 11.8 Å². The molecular weight excluding hydrogens is 338 g/mol. The fourth-order valence-corrected chi connectivity index (χ4v) is 3.53. The predicted molar refractivity (Wildman–Crippen MR) is 91.6 cm³/mol. The van der Waals surface area contributed by atoms with Crippen molar-refractivity contribution in [2.45, 2.75) is 50.2 Å². The molecule has 2 aromatic heterocycles. The lowest BCUT2D eigenvalue weighted by Gasteiger charge is -2.16. The van der Waals surface area contributed by atoms with Crippen LogP contribution in [0.5, 0.6) is 0 Å². The van der Waals surface area contributed by atoms with Crippen LogP contribution in [-0.4, -0.2) is 59.8 Å². The molecule has 26 heavy (non-hydrogen) atoms. The van der Waals surface area contributed by atoms with Crippen LogP contribution in [0.2, 0.25) is 0 Å². The van der Waals surface area contributed by atoms with E-state index in [1.165, 1.54) is 23.7 Å². The summed E-state index contributed by atoms with van der Waals surface area (Å²) in [7, 11) is 0. The molecule has 0 aromatic carbocycles. The van der Waals surface area contributed by atoms with Crippen LogP contribution in [-0.2, 0) is 4.74 Å². The molecule has 0 bridgehead atoms. The average molecular weight is 359 g/mol. The van der Waals surface area contributed by atoms with Crippen molar-refractivity contribution in [3.63, 3.8) is 0 Å². The van der Waals surface area contributed by atoms with Gasteiger partial charge >= 0.3 is 0 Å². The van der Waals surface area contributed by atoms with Crippen LogP contribution in [0.3, 0.4) is 0 Å². The Balaban J connectivity index is 1.70. The van der Waals surface area contributed by atoms with Crippen LogP contribution in [0.4, 0.5) is 5.82 Å². The van der Waals surface area contributed by atoms with Gasteiger partial charge in [-0.15, -0.1) is 0 Å². The summed E-state index contributed by atoms with van der Waals surface area (Å²) in [4.78, 5) is 12.8. The summed E-state index contributed by atoms with van der Waals surface area (Å²) in [6.07, 6.45) is 1.74. The Morgan fingerprint density at radius 3 is 2.69 bits per heavy atom. The highest BCUT2D eigenvalue weighted by Crippen LogP contribution is 2.32. The number of aliphatic hydroxyl groups is 3. The van der Waals surface area contributed by atoms with Crippen molar-refractivity contribution in [1.82, 2.24) is 19.5 Å². The topological polar surface area (TPSA) is 140 Å². The minimum atomic E-state index is -1.23. The number of fused-ring (bicyclic) bond motifs is 1. The Morgan fingerprint density at radius 1 is 1.23 bits per heavy atom. The smallest absolute Gasteiger partial charge is 0.208 e. The number of hydrogen-bond donors (Lipinski definition) is 4. The summed E-state index contributed by atoms with van der Waals surface area (Å²) in [5.74, 6) is 7.01. The zero-order valence-electron chi connectivity index (χ0n) is 14.1. The molecule has 0 radical (unpaired) electrons. The SMILES string of the molecule is Nc1nc(C#CC2CCCC2)nc2c1ncn2[C@@H]1O[C@H](CO)C(O)C1O. The van der Waals surface area contributed by atoms with Gasteiger partial charge < -0.3 is 25.8 Å². The van der Waals surface area contributed by atoms with Crippen LogP contribution in [0.1, 0.15) is 37.7 Å². The van der Waals surface area contributed by atoms with E-state index in [9.17, 15) is 15.3 Å². The third kappa shape index (κ3) is 2.91. The maximum Gasteiger partial charge on any atom is 0.208 e. The Hall–Kier alpha value is -2.25. The summed E-state index contributed by atoms with van der Waals surface area (Å²) in [5.41, 5.74) is 6.71. The molecule has 5 N–H and O–H groups in total. The van der Waals surface area contributed by atoms with E-state index in [0.717, 1.165) is 12.8 Å². The van der Waals surface area contributed by atoms with E-state index in [1.807, 2.05) is 0 Å². The Morgan fingerprint density at radius 2 is 2.00 bits per heavy atom. The number of ether oxygens (including phenoxy) is 1. The number of rotatable bonds is 2. The highest BCUT2D eigenvalue weighted by Gasteiger charge is 2.44. The Kier molecular flexibility index (Phi) is 4.50. The van der Waals surface area contributed by atoms with Gasteiger partial charge in [-0.3, -0.25) is 4.57 Å². The predicted octanol–water partition coefficient (Wildman–Crippen LogP) is -0.438. The molecule has 1 saturated heterocycles. The van der Waals surface area contributed by atoms with E-state index in [-0.39, 0.29) is 11.6 Å². The maximum absolute atomic E-state index is 10.2. The quantitative estimate of drug-likeness (QED) is 0.529. The lowest BCUT2D eigenvalue weighted by atomic mass is 10.1. The fraction of sp³-hybridized carbons (Fsp3) is 0.588. The zero-order chi connectivity index (χ0) is 18.3. The van der Waals surface area contributed by atoms with Gasteiger partial charge in [0.2, 0.25) is 5.82 Å². The molecule has 138 valence electrons. The van der Waals surface area contributed by atoms with Crippen molar-refractivity contribution in [1.29, 1.82) is 0 Å². The van der Waals surface area contributed by atoms with Crippen LogP contribution in [0.25, 0.3) is 11.2 Å². The summed E-state index contributed by atoms with van der Waals surface area (Å²) in [5, 5.41) is 29.5. The first-order valence-electron chi connectivity index (χ1n) is 8.72. The highest BCUT2D eigenvalue weighted by atomic mass is 16.6. The number of hydrogen-bond acceptors (Lipinski definition) is 8. The van der Waals surface area contributed by atoms with Crippen molar-refractivity contribution in [3.05, 3.63) is 12.2 Å². The summed E-state index contributed by atoms with van der Waals surface area (Å²) in [6.45, 7) is -0.406. The van der Waals surface area contributed by atoms with Gasteiger partial charge in [0.25, 0.3) is 0 Å². The molecular formula is C17H21N5O4. The number of nitrogens with two attached hydrogens (primary N) is 1. The summed E-state index contributed by atoms with van der Waals surface area (Å²) >= 11 is 0. The molecule has 1 aliphatic heterocycles. The van der Waals surface area contributed by atoms with Gasteiger partial charge in [0.05, 0.1) is 12.9 Å². The molecule has 2 aliphatic rings. The lowest BCUT2D eigenvalue weighted by Crippen LogP contribution is -2.33. The van der Waals surface area contributed by atoms with E-state index in [1.54, 1.807) is 0 Å². The number of nitrogen functional groups attached to an aromatic ring is 1. The van der Waals surface area contributed by atoms with Gasteiger partial charge in [-0.25, -0.2) is 15.0 Å². The molecule has 4 rings (SSSR count). The minimum absolute atomic E-state index is 0.191. The second-order valence-corrected chi connectivity index (χ2v) is 6.74. The minimum Gasteiger partial charge on any atom is -0.394 e. The summed E-state index contributed by atoms with van der Waals surface area (Å²) in [6, 6.07) is 0. The third-order valence-electron chi connectivity index (χ3n) is 4.98. The van der Waals surface area contributed by atoms with Crippen LogP contribution in [0, 0.1) is 17.8 Å². The molecule has 4 atom stereocenters. The number of anilines is 1. The standard InChI is InChI=1S/C17H21N5O4/c18-15-12-16(21-11(20-15)6-5-9-3-1-2-4-9)22(8-19-12)17-14(25)13(24)10(7-23)26-17/h8-10,13-14,17,23-25H,1-4,7H2,(H2,18,20,21)/t10-,13?,14?,17-/m1/s1. The largest absolute Gasteiger partial charge is 0.394 e. The molecule has 2 fully saturated rings. The van der Waals surface area contributed by atoms with Crippen molar-refractivity contribution >= 4 is 17.0 Å². The molecule has 2 unspecified atom stereocenters. The third-order valence-corrected chi connectivity index (χ3v) is 4.98. The fourth-order valence-electron chi connectivity index (χ4n) is 3.53. The second-order valence-electron chi connectivity index (χ2n) is 6.74. The van der Waals surface area contributed by atoms with E-state index in [2.05, 4.69) is 26.8 Å². The van der Waals surface area contributed by atoms with Crippen LogP contribution >= 0.6 is 0 Å². The number of nitrogens with zero attached hydrogens (tertiary/aromatic N) is 4. The van der Waals surface area contributed by atoms with Gasteiger partial charge in [-0.05, 0) is 18.8 Å². The van der Waals surface area contributed by atoms with E-state index in [0.29, 0.717) is 17.1 Å². The number of imidazole rings is 1. The first-order chi connectivity index (χ1) is 12.6. The average Bonchev–Trinajstić information content (AvgIpc) is 3.34. The molecule has 3 heterocycles. The van der Waals surface area contributed by atoms with Gasteiger partial charge in [0.1, 0.15) is 23.8 Å². The van der Waals surface area contributed by atoms with Gasteiger partial charge in [0.15, 0.2) is 17.7 Å². The van der Waals surface area contributed by atoms with Gasteiger partial charge in [-0.1, -0.05) is 18.8 Å². The van der Waals surface area contributed by atoms with E-state index in [4.69, 9.17) is 10.5 Å². The molecule has 0 spiro atoms. The van der Waals surface area contributed by atoms with Crippen LogP contribution < -0.4 is 5.73 Å². The second kappa shape index (κ2) is 6.81. The first-order valence-corrected chi connectivity index (χ1v) is 8.72. The maximum atomic E-state index is 10.2. The van der Waals surface area contributed by atoms with Crippen molar-refractivity contribution < 1.29 is 20.1 Å². The summed E-state index contributed by atoms with van der Waals surface area (Å²) < 4.78 is 7.03. The Labute approximate surface area is 149 Å². The van der Waals surface area contributed by atoms with Crippen molar-refractivity contribution in [2.24, 2.45) is 5.92 Å². The molecule has 0 amide bonds. The lowest BCUT2D eigenvalue weighted by molar-refractivity contribution is -0.0511. The molecule has 2 aromatic rings. The molecule has 9 nitrogen and oxygen atoms in total. The van der Waals surface area contributed by atoms with E-state index < -0.39 is 31.1 Å². The highest BCUT2D eigenvalue weighted by molar-refractivity contribution is 5.82. The van der Waals surface area contributed by atoms with Gasteiger partial charge in [0, 0.05) is 5.92 Å². The Bertz CT molecular complexity index is 867. The van der Waals surface area contributed by atoms with Gasteiger partial charge in [-0.2, -0.15) is 0 Å². The zero-order valence-corrected chi connectivity index (χ0v) is 14.1. The number of aromatic nitrogens is 4. The molecule has 1 aliphatic carbocycles. The molecule has 1 saturated carbocycles. The van der Waals surface area contributed by atoms with E-state index >= 15 is 0 Å². The van der Waals surface area contributed by atoms with Crippen LogP contribution in [0.15, 0.2) is 6.33 Å². The number of aliphatic hydroxyl groups excluding tert-OH is 3. The first kappa shape index (κ1) is 17.2.